The number of hydrogen-bond acceptors (Lipinski definition) is 5. The summed E-state index contributed by atoms with van der Waals surface area (Å²) in [6, 6.07) is 19.8. The summed E-state index contributed by atoms with van der Waals surface area (Å²) in [5.41, 5.74) is 4.21. The van der Waals surface area contributed by atoms with Crippen molar-refractivity contribution < 1.29 is 17.9 Å². The van der Waals surface area contributed by atoms with Crippen LogP contribution in [0.4, 0.5) is 5.69 Å². The Hall–Kier alpha value is -2.97. The number of nitrogens with one attached hydrogen (secondary N) is 1. The number of carbonyl (C=O) groups excluding carboxylic acids is 1. The molecule has 1 atom stereocenters. The lowest BCUT2D eigenvalue weighted by Crippen LogP contribution is -2.42. The van der Waals surface area contributed by atoms with Gasteiger partial charge in [-0.2, -0.15) is 0 Å². The fraction of sp³-hybridized carbons (Fsp3) is 0.367. The van der Waals surface area contributed by atoms with Crippen LogP contribution < -0.4 is 14.4 Å². The number of benzene rings is 3. The maximum absolute atomic E-state index is 13.8. The number of hydrogen-bond donors (Lipinski definition) is 1. The molecule has 202 valence electrons. The van der Waals surface area contributed by atoms with E-state index in [-0.39, 0.29) is 23.4 Å². The Labute approximate surface area is 230 Å². The Balaban J connectivity index is 1.60. The number of ether oxygens (including phenoxy) is 1. The van der Waals surface area contributed by atoms with Gasteiger partial charge in [-0.05, 0) is 111 Å². The summed E-state index contributed by atoms with van der Waals surface area (Å²) >= 11 is 1.54. The van der Waals surface area contributed by atoms with Gasteiger partial charge < -0.3 is 10.1 Å². The van der Waals surface area contributed by atoms with Gasteiger partial charge >= 0.3 is 0 Å². The number of amides is 1. The summed E-state index contributed by atoms with van der Waals surface area (Å²) in [5.74, 6) is 0.286. The van der Waals surface area contributed by atoms with Crippen LogP contribution in [0.25, 0.3) is 0 Å². The van der Waals surface area contributed by atoms with Crippen LogP contribution >= 0.6 is 11.8 Å². The maximum Gasteiger partial charge on any atom is 0.264 e. The highest BCUT2D eigenvalue weighted by molar-refractivity contribution is 7.98. The average molecular weight is 553 g/mol. The quantitative estimate of drug-likeness (QED) is 0.289. The van der Waals surface area contributed by atoms with Crippen molar-refractivity contribution in [2.75, 3.05) is 23.7 Å². The molecule has 1 N–H and O–H groups in total. The van der Waals surface area contributed by atoms with E-state index in [1.807, 2.05) is 20.1 Å². The highest BCUT2D eigenvalue weighted by Gasteiger charge is 2.28. The van der Waals surface area contributed by atoms with Crippen molar-refractivity contribution in [2.45, 2.75) is 61.8 Å². The molecule has 1 aliphatic carbocycles. The van der Waals surface area contributed by atoms with Gasteiger partial charge in [0.2, 0.25) is 5.91 Å². The van der Waals surface area contributed by atoms with Gasteiger partial charge in [0.05, 0.1) is 23.2 Å². The number of anilines is 1. The Morgan fingerprint density at radius 1 is 0.974 bits per heavy atom. The third-order valence-corrected chi connectivity index (χ3v) is 9.42. The average Bonchev–Trinajstić information content (AvgIpc) is 2.95. The van der Waals surface area contributed by atoms with Gasteiger partial charge in [-0.15, -0.1) is 11.8 Å². The van der Waals surface area contributed by atoms with Crippen LogP contribution in [0.5, 0.6) is 5.75 Å². The third-order valence-electron chi connectivity index (χ3n) is 6.89. The summed E-state index contributed by atoms with van der Waals surface area (Å²) in [6.45, 7) is 4.09. The Morgan fingerprint density at radius 3 is 2.29 bits per heavy atom. The van der Waals surface area contributed by atoms with Gasteiger partial charge in [0.1, 0.15) is 12.3 Å². The van der Waals surface area contributed by atoms with Crippen molar-refractivity contribution in [3.63, 3.8) is 0 Å². The summed E-state index contributed by atoms with van der Waals surface area (Å²) in [4.78, 5) is 14.5. The number of fused-ring (bicyclic) bond motifs is 1. The van der Waals surface area contributed by atoms with Gasteiger partial charge in [-0.3, -0.25) is 9.10 Å². The molecule has 0 heterocycles. The molecule has 3 aromatic rings. The van der Waals surface area contributed by atoms with Gasteiger partial charge in [0, 0.05) is 4.90 Å². The molecule has 8 heteroatoms. The second-order valence-electron chi connectivity index (χ2n) is 9.38. The Bertz CT molecular complexity index is 1340. The molecule has 1 aliphatic rings. The van der Waals surface area contributed by atoms with E-state index in [1.165, 1.54) is 40.0 Å². The predicted octanol–water partition coefficient (Wildman–Crippen LogP) is 6.15. The first-order valence-electron chi connectivity index (χ1n) is 13.2. The van der Waals surface area contributed by atoms with Crippen molar-refractivity contribution in [2.24, 2.45) is 0 Å². The largest absolute Gasteiger partial charge is 0.494 e. The highest BCUT2D eigenvalue weighted by Crippen LogP contribution is 2.29. The zero-order valence-corrected chi connectivity index (χ0v) is 23.9. The van der Waals surface area contributed by atoms with Crippen LogP contribution in [0, 0.1) is 0 Å². The molecule has 0 saturated carbocycles. The lowest BCUT2D eigenvalue weighted by molar-refractivity contribution is -0.120. The van der Waals surface area contributed by atoms with E-state index in [0.29, 0.717) is 24.5 Å². The summed E-state index contributed by atoms with van der Waals surface area (Å²) in [7, 11) is -4.00. The minimum Gasteiger partial charge on any atom is -0.494 e. The van der Waals surface area contributed by atoms with E-state index in [4.69, 9.17) is 4.74 Å². The molecule has 0 aliphatic heterocycles. The molecular formula is C30H36N2O4S2. The fourth-order valence-corrected chi connectivity index (χ4v) is 6.66. The topological polar surface area (TPSA) is 75.7 Å². The van der Waals surface area contributed by atoms with E-state index < -0.39 is 10.0 Å². The van der Waals surface area contributed by atoms with Gasteiger partial charge in [0.15, 0.2) is 0 Å². The monoisotopic (exact) mass is 552 g/mol. The number of thioether (sulfide) groups is 1. The molecule has 0 fully saturated rings. The first-order chi connectivity index (χ1) is 18.3. The van der Waals surface area contributed by atoms with Crippen molar-refractivity contribution in [3.05, 3.63) is 83.4 Å². The SMILES string of the molecule is CCOc1ccc(N(CC(=O)N[C@@H](CC)c2ccc3c(c2)CCCC3)S(=O)(=O)c2ccc(SC)cc2)cc1. The molecule has 0 bridgehead atoms. The van der Waals surface area contributed by atoms with Crippen molar-refractivity contribution in [1.29, 1.82) is 0 Å². The van der Waals surface area contributed by atoms with Gasteiger partial charge in [0.25, 0.3) is 10.0 Å². The molecule has 1 amide bonds. The minimum atomic E-state index is -4.00. The number of carbonyl (C=O) groups is 1. The third kappa shape index (κ3) is 6.53. The van der Waals surface area contributed by atoms with Crippen LogP contribution in [0.15, 0.2) is 76.5 Å². The van der Waals surface area contributed by atoms with E-state index in [1.54, 1.807) is 48.5 Å². The molecule has 0 unspecified atom stereocenters. The second kappa shape index (κ2) is 12.7. The van der Waals surface area contributed by atoms with E-state index >= 15 is 0 Å². The Morgan fingerprint density at radius 2 is 1.66 bits per heavy atom. The van der Waals surface area contributed by atoms with E-state index in [2.05, 4.69) is 23.5 Å². The highest BCUT2D eigenvalue weighted by atomic mass is 32.2. The smallest absolute Gasteiger partial charge is 0.264 e. The molecular weight excluding hydrogens is 516 g/mol. The molecule has 3 aromatic carbocycles. The maximum atomic E-state index is 13.8. The van der Waals surface area contributed by atoms with Crippen LogP contribution in [0.3, 0.4) is 0 Å². The standard InChI is InChI=1S/C30H36N2O4S2/c1-4-29(24-11-10-22-8-6-7-9-23(22)20-24)31-30(33)21-32(25-12-14-26(15-13-25)36-5-2)38(34,35)28-18-16-27(37-3)17-19-28/h10-20,29H,4-9,21H2,1-3H3,(H,31,33)/t29-/m0/s1. The minimum absolute atomic E-state index is 0.138. The van der Waals surface area contributed by atoms with Crippen molar-refractivity contribution in [3.8, 4) is 5.75 Å². The zero-order chi connectivity index (χ0) is 27.1. The summed E-state index contributed by atoms with van der Waals surface area (Å²) in [5, 5.41) is 3.09. The van der Waals surface area contributed by atoms with Gasteiger partial charge in [-0.1, -0.05) is 25.1 Å². The van der Waals surface area contributed by atoms with Crippen LogP contribution in [-0.4, -0.2) is 33.7 Å². The number of rotatable bonds is 11. The normalized spacial score (nSPS) is 13.9. The van der Waals surface area contributed by atoms with E-state index in [0.717, 1.165) is 23.3 Å². The summed E-state index contributed by atoms with van der Waals surface area (Å²) in [6.07, 6.45) is 7.21. The predicted molar refractivity (Wildman–Crippen MR) is 155 cm³/mol. The molecule has 38 heavy (non-hydrogen) atoms. The molecule has 4 rings (SSSR count). The molecule has 0 spiro atoms. The van der Waals surface area contributed by atoms with Crippen LogP contribution in [0.1, 0.15) is 55.8 Å². The second-order valence-corrected chi connectivity index (χ2v) is 12.1. The molecule has 6 nitrogen and oxygen atoms in total. The lowest BCUT2D eigenvalue weighted by Gasteiger charge is -2.26. The Kier molecular flexibility index (Phi) is 9.39. The van der Waals surface area contributed by atoms with Crippen LogP contribution in [0.2, 0.25) is 0 Å². The zero-order valence-electron chi connectivity index (χ0n) is 22.3. The first-order valence-corrected chi connectivity index (χ1v) is 15.8. The van der Waals surface area contributed by atoms with E-state index in [9.17, 15) is 13.2 Å². The fourth-order valence-electron chi connectivity index (χ4n) is 4.83. The lowest BCUT2D eigenvalue weighted by atomic mass is 9.89. The molecule has 0 saturated heterocycles. The number of sulfonamides is 1. The first kappa shape index (κ1) is 28.0. The molecule has 0 radical (unpaired) electrons. The van der Waals surface area contributed by atoms with Crippen LogP contribution in [-0.2, 0) is 27.7 Å². The van der Waals surface area contributed by atoms with Gasteiger partial charge in [-0.25, -0.2) is 8.42 Å². The number of nitrogens with zero attached hydrogens (tertiary/aromatic N) is 1. The number of aryl methyl sites for hydroxylation is 2. The summed E-state index contributed by atoms with van der Waals surface area (Å²) < 4.78 is 34.2. The van der Waals surface area contributed by atoms with Crippen molar-refractivity contribution in [1.82, 2.24) is 5.32 Å². The van der Waals surface area contributed by atoms with Crippen molar-refractivity contribution >= 4 is 33.4 Å². The molecule has 0 aromatic heterocycles.